The number of carbonyl (C=O) groups excluding carboxylic acids is 1. The SMILES string of the molecule is COCC(N)C(=O)N1Cc2ccccc2N(C)CC1C.Cl.Cl. The molecule has 1 aromatic carbocycles. The lowest BCUT2D eigenvalue weighted by atomic mass is 10.1. The van der Waals surface area contributed by atoms with Crippen LogP contribution in [0.4, 0.5) is 5.69 Å². The number of ether oxygens (including phenoxy) is 1. The van der Waals surface area contributed by atoms with Crippen LogP contribution in [-0.2, 0) is 16.1 Å². The molecular weight excluding hydrogens is 325 g/mol. The van der Waals surface area contributed by atoms with Crippen molar-refractivity contribution in [3.8, 4) is 0 Å². The van der Waals surface area contributed by atoms with Gasteiger partial charge in [0.05, 0.1) is 6.61 Å². The largest absolute Gasteiger partial charge is 0.383 e. The van der Waals surface area contributed by atoms with Crippen molar-refractivity contribution in [2.45, 2.75) is 25.6 Å². The number of rotatable bonds is 3. The van der Waals surface area contributed by atoms with Crippen LogP contribution >= 0.6 is 24.8 Å². The van der Waals surface area contributed by atoms with Gasteiger partial charge in [0.25, 0.3) is 0 Å². The first kappa shape index (κ1) is 21.0. The van der Waals surface area contributed by atoms with Gasteiger partial charge in [0.1, 0.15) is 6.04 Å². The minimum Gasteiger partial charge on any atom is -0.383 e. The van der Waals surface area contributed by atoms with E-state index in [2.05, 4.69) is 31.0 Å². The van der Waals surface area contributed by atoms with E-state index < -0.39 is 6.04 Å². The molecule has 22 heavy (non-hydrogen) atoms. The van der Waals surface area contributed by atoms with Crippen molar-refractivity contribution < 1.29 is 9.53 Å². The maximum atomic E-state index is 12.5. The van der Waals surface area contributed by atoms with Gasteiger partial charge in [-0.05, 0) is 18.6 Å². The Labute approximate surface area is 144 Å². The number of benzene rings is 1. The summed E-state index contributed by atoms with van der Waals surface area (Å²) in [7, 11) is 3.61. The van der Waals surface area contributed by atoms with E-state index in [1.165, 1.54) is 5.69 Å². The average Bonchev–Trinajstić information content (AvgIpc) is 2.56. The van der Waals surface area contributed by atoms with Crippen molar-refractivity contribution in [1.29, 1.82) is 0 Å². The van der Waals surface area contributed by atoms with Gasteiger partial charge in [0.2, 0.25) is 5.91 Å². The third kappa shape index (κ3) is 4.49. The van der Waals surface area contributed by atoms with Crippen molar-refractivity contribution in [3.63, 3.8) is 0 Å². The van der Waals surface area contributed by atoms with E-state index in [4.69, 9.17) is 10.5 Å². The first-order valence-electron chi connectivity index (χ1n) is 6.88. The summed E-state index contributed by atoms with van der Waals surface area (Å²) < 4.78 is 4.99. The number of nitrogens with two attached hydrogens (primary N) is 1. The molecule has 0 saturated heterocycles. The van der Waals surface area contributed by atoms with Gasteiger partial charge in [-0.1, -0.05) is 18.2 Å². The first-order valence-corrected chi connectivity index (χ1v) is 6.88. The number of nitrogens with zero attached hydrogens (tertiary/aromatic N) is 2. The molecule has 0 radical (unpaired) electrons. The van der Waals surface area contributed by atoms with E-state index >= 15 is 0 Å². The molecule has 0 saturated carbocycles. The summed E-state index contributed by atoms with van der Waals surface area (Å²) in [5.41, 5.74) is 8.22. The lowest BCUT2D eigenvalue weighted by Crippen LogP contribution is -2.50. The third-order valence-electron chi connectivity index (χ3n) is 3.76. The van der Waals surface area contributed by atoms with E-state index in [1.54, 1.807) is 7.11 Å². The summed E-state index contributed by atoms with van der Waals surface area (Å²) in [6.45, 7) is 3.69. The molecule has 5 nitrogen and oxygen atoms in total. The monoisotopic (exact) mass is 349 g/mol. The number of hydrogen-bond donors (Lipinski definition) is 1. The van der Waals surface area contributed by atoms with Crippen LogP contribution in [0.3, 0.4) is 0 Å². The molecule has 1 aromatic rings. The van der Waals surface area contributed by atoms with Crippen molar-refractivity contribution in [2.75, 3.05) is 32.2 Å². The Morgan fingerprint density at radius 3 is 2.68 bits per heavy atom. The van der Waals surface area contributed by atoms with Gasteiger partial charge in [-0.2, -0.15) is 0 Å². The summed E-state index contributed by atoms with van der Waals surface area (Å²) in [5, 5.41) is 0. The van der Waals surface area contributed by atoms with Crippen molar-refractivity contribution in [2.24, 2.45) is 5.73 Å². The number of anilines is 1. The van der Waals surface area contributed by atoms with Gasteiger partial charge in [-0.25, -0.2) is 0 Å². The minimum absolute atomic E-state index is 0. The Hall–Kier alpha value is -1.01. The highest BCUT2D eigenvalue weighted by atomic mass is 35.5. The second-order valence-electron chi connectivity index (χ2n) is 5.39. The van der Waals surface area contributed by atoms with Crippen LogP contribution in [0.1, 0.15) is 12.5 Å². The Morgan fingerprint density at radius 2 is 2.05 bits per heavy atom. The Kier molecular flexibility index (Phi) is 8.78. The van der Waals surface area contributed by atoms with Gasteiger partial charge in [-0.15, -0.1) is 24.8 Å². The molecule has 0 aliphatic carbocycles. The molecule has 0 fully saturated rings. The van der Waals surface area contributed by atoms with E-state index in [-0.39, 0.29) is 43.4 Å². The number of para-hydroxylation sites is 1. The molecule has 2 N–H and O–H groups in total. The zero-order chi connectivity index (χ0) is 14.7. The molecule has 7 heteroatoms. The normalized spacial score (nSPS) is 18.5. The zero-order valence-corrected chi connectivity index (χ0v) is 14.8. The summed E-state index contributed by atoms with van der Waals surface area (Å²) in [6.07, 6.45) is 0. The Morgan fingerprint density at radius 1 is 1.41 bits per heavy atom. The van der Waals surface area contributed by atoms with Crippen molar-refractivity contribution in [1.82, 2.24) is 4.90 Å². The third-order valence-corrected chi connectivity index (χ3v) is 3.76. The molecule has 126 valence electrons. The number of hydrogen-bond acceptors (Lipinski definition) is 4. The van der Waals surface area contributed by atoms with Crippen LogP contribution in [0, 0.1) is 0 Å². The molecule has 2 rings (SSSR count). The highest BCUT2D eigenvalue weighted by Gasteiger charge is 2.29. The predicted octanol–water partition coefficient (Wildman–Crippen LogP) is 1.67. The number of halogens is 2. The molecule has 1 aliphatic rings. The first-order chi connectivity index (χ1) is 9.54. The summed E-state index contributed by atoms with van der Waals surface area (Å²) in [6, 6.07) is 7.69. The van der Waals surface area contributed by atoms with Crippen LogP contribution in [0.5, 0.6) is 0 Å². The standard InChI is InChI=1S/C15H23N3O2.2ClH/c1-11-8-17(2)14-7-5-4-6-12(14)9-18(11)15(19)13(16)10-20-3;;/h4-7,11,13H,8-10,16H2,1-3H3;2*1H. The predicted molar refractivity (Wildman–Crippen MR) is 94.1 cm³/mol. The van der Waals surface area contributed by atoms with E-state index in [1.807, 2.05) is 17.0 Å². The van der Waals surface area contributed by atoms with Crippen molar-refractivity contribution in [3.05, 3.63) is 29.8 Å². The van der Waals surface area contributed by atoms with Crippen LogP contribution < -0.4 is 10.6 Å². The highest BCUT2D eigenvalue weighted by Crippen LogP contribution is 2.26. The Bertz CT molecular complexity index is 488. The summed E-state index contributed by atoms with van der Waals surface area (Å²) in [4.78, 5) is 16.5. The van der Waals surface area contributed by atoms with E-state index in [0.717, 1.165) is 12.1 Å². The van der Waals surface area contributed by atoms with Gasteiger partial charge in [0.15, 0.2) is 0 Å². The maximum Gasteiger partial charge on any atom is 0.242 e. The fourth-order valence-corrected chi connectivity index (χ4v) is 2.71. The quantitative estimate of drug-likeness (QED) is 0.901. The molecular formula is C15H25Cl2N3O2. The molecule has 0 spiro atoms. The molecule has 2 atom stereocenters. The summed E-state index contributed by atoms with van der Waals surface area (Å²) in [5.74, 6) is -0.0514. The number of likely N-dealkylation sites (N-methyl/N-ethyl adjacent to an activating group) is 1. The smallest absolute Gasteiger partial charge is 0.242 e. The number of amides is 1. The van der Waals surface area contributed by atoms with Crippen molar-refractivity contribution >= 4 is 36.4 Å². The summed E-state index contributed by atoms with van der Waals surface area (Å²) >= 11 is 0. The van der Waals surface area contributed by atoms with E-state index in [0.29, 0.717) is 6.54 Å². The Balaban J connectivity index is 0.00000220. The zero-order valence-electron chi connectivity index (χ0n) is 13.2. The van der Waals surface area contributed by atoms with Crippen LogP contribution in [0.25, 0.3) is 0 Å². The van der Waals surface area contributed by atoms with Gasteiger partial charge >= 0.3 is 0 Å². The molecule has 1 amide bonds. The molecule has 2 unspecified atom stereocenters. The number of carbonyl (C=O) groups is 1. The molecule has 0 aromatic heterocycles. The fraction of sp³-hybridized carbons (Fsp3) is 0.533. The number of fused-ring (bicyclic) bond motifs is 1. The molecule has 0 bridgehead atoms. The number of methoxy groups -OCH3 is 1. The van der Waals surface area contributed by atoms with Crippen LogP contribution in [0.15, 0.2) is 24.3 Å². The minimum atomic E-state index is -0.599. The van der Waals surface area contributed by atoms with Crippen LogP contribution in [-0.4, -0.2) is 50.2 Å². The highest BCUT2D eigenvalue weighted by molar-refractivity contribution is 5.85. The topological polar surface area (TPSA) is 58.8 Å². The molecule has 1 aliphatic heterocycles. The second-order valence-corrected chi connectivity index (χ2v) is 5.39. The van der Waals surface area contributed by atoms with Gasteiger partial charge < -0.3 is 20.3 Å². The lowest BCUT2D eigenvalue weighted by Gasteiger charge is -2.30. The molecule has 1 heterocycles. The lowest BCUT2D eigenvalue weighted by molar-refractivity contribution is -0.136. The van der Waals surface area contributed by atoms with Gasteiger partial charge in [0, 0.05) is 39.0 Å². The van der Waals surface area contributed by atoms with E-state index in [9.17, 15) is 4.79 Å². The van der Waals surface area contributed by atoms with Crippen LogP contribution in [0.2, 0.25) is 0 Å². The fourth-order valence-electron chi connectivity index (χ4n) is 2.71. The van der Waals surface area contributed by atoms with Gasteiger partial charge in [-0.3, -0.25) is 4.79 Å². The average molecular weight is 350 g/mol. The second kappa shape index (κ2) is 9.20. The maximum absolute atomic E-state index is 12.5.